The number of nitrogens with two attached hydrogens (primary N) is 2. The van der Waals surface area contributed by atoms with Crippen LogP contribution in [0, 0.1) is 6.92 Å². The molecule has 0 spiro atoms. The normalized spacial score (nSPS) is 12.7. The molecule has 0 aliphatic carbocycles. The summed E-state index contributed by atoms with van der Waals surface area (Å²) in [7, 11) is 0. The third-order valence-corrected chi connectivity index (χ3v) is 2.40. The van der Waals surface area contributed by atoms with Crippen LogP contribution in [0.25, 0.3) is 11.0 Å². The number of rotatable bonds is 2. The molecule has 0 bridgehead atoms. The Morgan fingerprint density at radius 1 is 1.53 bits per heavy atom. The van der Waals surface area contributed by atoms with Crippen LogP contribution in [0.5, 0.6) is 0 Å². The Labute approximate surface area is 106 Å². The van der Waals surface area contributed by atoms with Gasteiger partial charge in [-0.3, -0.25) is 0 Å². The highest BCUT2D eigenvalue weighted by Crippen LogP contribution is 2.22. The molecule has 0 unspecified atom stereocenters. The molecule has 0 amide bonds. The quantitative estimate of drug-likeness (QED) is 0.447. The number of pyridine rings is 1. The lowest BCUT2D eigenvalue weighted by Gasteiger charge is -1.97. The average Bonchev–Trinajstić information content (AvgIpc) is 2.60. The molecule has 0 aliphatic rings. The van der Waals surface area contributed by atoms with E-state index in [0.29, 0.717) is 11.6 Å². The lowest BCUT2D eigenvalue weighted by molar-refractivity contribution is 1.33. The fourth-order valence-corrected chi connectivity index (χ4v) is 1.46. The maximum absolute atomic E-state index is 5.73. The monoisotopic (exact) mass is 294 g/mol. The summed E-state index contributed by atoms with van der Waals surface area (Å²) in [5.74, 6) is 1.17. The van der Waals surface area contributed by atoms with Gasteiger partial charge in [-0.05, 0) is 34.5 Å². The van der Waals surface area contributed by atoms with Gasteiger partial charge in [-0.25, -0.2) is 15.0 Å². The van der Waals surface area contributed by atoms with Gasteiger partial charge in [0.2, 0.25) is 0 Å². The van der Waals surface area contributed by atoms with Gasteiger partial charge in [0.15, 0.2) is 4.74 Å². The van der Waals surface area contributed by atoms with Crippen LogP contribution >= 0.6 is 15.9 Å². The number of aromatic nitrogens is 2. The van der Waals surface area contributed by atoms with Crippen molar-refractivity contribution >= 4 is 49.7 Å². The van der Waals surface area contributed by atoms with Crippen molar-refractivity contribution in [2.24, 2.45) is 15.7 Å². The molecular weight excluding hydrogens is 284 g/mol. The summed E-state index contributed by atoms with van der Waals surface area (Å²) in [6.45, 7) is 1.90. The maximum atomic E-state index is 5.73. The molecule has 6 nitrogen and oxygen atoms in total. The second kappa shape index (κ2) is 4.54. The SMILES string of the molecule is Cc1cc2[nH]c(/N=C/N=C(N)Br)cc2nc1N. The van der Waals surface area contributed by atoms with Crippen molar-refractivity contribution in [2.75, 3.05) is 5.73 Å². The van der Waals surface area contributed by atoms with Crippen LogP contribution in [0.1, 0.15) is 5.56 Å². The number of hydrogen-bond donors (Lipinski definition) is 3. The van der Waals surface area contributed by atoms with Crippen LogP contribution < -0.4 is 11.5 Å². The van der Waals surface area contributed by atoms with Crippen LogP contribution in [0.3, 0.4) is 0 Å². The molecular formula is C10H11BrN6. The van der Waals surface area contributed by atoms with E-state index in [9.17, 15) is 0 Å². The third kappa shape index (κ3) is 2.62. The molecule has 0 fully saturated rings. The number of hydrogen-bond acceptors (Lipinski definition) is 3. The lowest BCUT2D eigenvalue weighted by atomic mass is 10.2. The van der Waals surface area contributed by atoms with E-state index in [0.717, 1.165) is 16.6 Å². The largest absolute Gasteiger partial charge is 0.383 e. The standard InChI is InChI=1S/C10H11BrN6/c1-5-2-6-7(17-9(5)12)3-8(16-6)14-4-15-10(11)13/h2-4,16H,1H3,(H2,12,17)(H2,13,14,15). The molecule has 2 rings (SSSR count). The summed E-state index contributed by atoms with van der Waals surface area (Å²) in [5.41, 5.74) is 13.6. The molecule has 0 aliphatic heterocycles. The lowest BCUT2D eigenvalue weighted by Crippen LogP contribution is -1.99. The summed E-state index contributed by atoms with van der Waals surface area (Å²) in [5, 5.41) is 0. The summed E-state index contributed by atoms with van der Waals surface area (Å²) in [4.78, 5) is 15.2. The molecule has 2 aromatic rings. The van der Waals surface area contributed by atoms with Gasteiger partial charge in [-0.1, -0.05) is 0 Å². The number of nitrogens with zero attached hydrogens (tertiary/aromatic N) is 3. The highest BCUT2D eigenvalue weighted by atomic mass is 79.9. The molecule has 88 valence electrons. The zero-order valence-corrected chi connectivity index (χ0v) is 10.7. The number of anilines is 1. The summed E-state index contributed by atoms with van der Waals surface area (Å²) >= 11 is 3.00. The molecule has 0 radical (unpaired) electrons. The van der Waals surface area contributed by atoms with E-state index in [1.165, 1.54) is 6.34 Å². The Balaban J connectivity index is 2.38. The summed E-state index contributed by atoms with van der Waals surface area (Å²) < 4.78 is 0.274. The first-order valence-corrected chi connectivity index (χ1v) is 5.62. The molecule has 2 heterocycles. The number of aromatic amines is 1. The fourth-order valence-electron chi connectivity index (χ4n) is 1.37. The Morgan fingerprint density at radius 3 is 3.00 bits per heavy atom. The minimum absolute atomic E-state index is 0.274. The van der Waals surface area contributed by atoms with E-state index in [1.54, 1.807) is 6.07 Å². The van der Waals surface area contributed by atoms with Crippen molar-refractivity contribution in [3.63, 3.8) is 0 Å². The number of nitrogen functional groups attached to an aromatic ring is 1. The molecule has 0 atom stereocenters. The summed E-state index contributed by atoms with van der Waals surface area (Å²) in [6, 6.07) is 3.72. The second-order valence-electron chi connectivity index (χ2n) is 3.47. The van der Waals surface area contributed by atoms with Crippen molar-refractivity contribution in [1.29, 1.82) is 0 Å². The van der Waals surface area contributed by atoms with Crippen molar-refractivity contribution < 1.29 is 0 Å². The van der Waals surface area contributed by atoms with E-state index in [4.69, 9.17) is 11.5 Å². The zero-order valence-electron chi connectivity index (χ0n) is 9.11. The van der Waals surface area contributed by atoms with Gasteiger partial charge in [0.25, 0.3) is 0 Å². The van der Waals surface area contributed by atoms with Gasteiger partial charge < -0.3 is 16.5 Å². The minimum atomic E-state index is 0.274. The first-order valence-electron chi connectivity index (χ1n) is 4.83. The van der Waals surface area contributed by atoms with Gasteiger partial charge in [-0.15, -0.1) is 0 Å². The first-order chi connectivity index (χ1) is 8.06. The predicted molar refractivity (Wildman–Crippen MR) is 73.9 cm³/mol. The maximum Gasteiger partial charge on any atom is 0.169 e. The van der Waals surface area contributed by atoms with Crippen LogP contribution in [0.4, 0.5) is 11.6 Å². The van der Waals surface area contributed by atoms with Gasteiger partial charge in [0.05, 0.1) is 11.0 Å². The van der Waals surface area contributed by atoms with E-state index in [1.807, 2.05) is 13.0 Å². The van der Waals surface area contributed by atoms with Crippen LogP contribution in [-0.2, 0) is 0 Å². The average molecular weight is 295 g/mol. The van der Waals surface area contributed by atoms with Gasteiger partial charge in [0.1, 0.15) is 18.0 Å². The van der Waals surface area contributed by atoms with Crippen LogP contribution in [0.15, 0.2) is 22.1 Å². The predicted octanol–water partition coefficient (Wildman–Crippen LogP) is 1.82. The van der Waals surface area contributed by atoms with Crippen LogP contribution in [-0.4, -0.2) is 21.1 Å². The highest BCUT2D eigenvalue weighted by molar-refractivity contribution is 9.18. The molecule has 17 heavy (non-hydrogen) atoms. The third-order valence-electron chi connectivity index (χ3n) is 2.20. The van der Waals surface area contributed by atoms with Gasteiger partial charge in [-0.2, -0.15) is 0 Å². The fraction of sp³-hybridized carbons (Fsp3) is 0.100. The number of aliphatic imine (C=N–C) groups is 2. The zero-order chi connectivity index (χ0) is 12.4. The van der Waals surface area contributed by atoms with Crippen molar-refractivity contribution in [3.05, 3.63) is 17.7 Å². The molecule has 0 aromatic carbocycles. The van der Waals surface area contributed by atoms with Gasteiger partial charge in [0, 0.05) is 6.07 Å². The highest BCUT2D eigenvalue weighted by Gasteiger charge is 2.03. The number of amidine groups is 1. The van der Waals surface area contributed by atoms with E-state index in [2.05, 4.69) is 35.9 Å². The topological polar surface area (TPSA) is 105 Å². The van der Waals surface area contributed by atoms with E-state index >= 15 is 0 Å². The van der Waals surface area contributed by atoms with E-state index < -0.39 is 0 Å². The summed E-state index contributed by atoms with van der Waals surface area (Å²) in [6.07, 6.45) is 1.35. The Morgan fingerprint density at radius 2 is 2.29 bits per heavy atom. The van der Waals surface area contributed by atoms with Crippen molar-refractivity contribution in [3.8, 4) is 0 Å². The number of nitrogens with one attached hydrogen (secondary N) is 1. The molecule has 7 heteroatoms. The number of fused-ring (bicyclic) bond motifs is 1. The first kappa shape index (κ1) is 11.6. The smallest absolute Gasteiger partial charge is 0.169 e. The van der Waals surface area contributed by atoms with Crippen molar-refractivity contribution in [2.45, 2.75) is 6.92 Å². The molecule has 2 aromatic heterocycles. The molecule has 0 saturated heterocycles. The van der Waals surface area contributed by atoms with Crippen LogP contribution in [0.2, 0.25) is 0 Å². The van der Waals surface area contributed by atoms with Crippen molar-refractivity contribution in [1.82, 2.24) is 9.97 Å². The Hall–Kier alpha value is -1.89. The Bertz CT molecular complexity index is 570. The second-order valence-corrected chi connectivity index (χ2v) is 4.29. The van der Waals surface area contributed by atoms with Gasteiger partial charge >= 0.3 is 0 Å². The molecule has 5 N–H and O–H groups in total. The molecule has 0 saturated carbocycles. The number of H-pyrrole nitrogens is 1. The number of aryl methyl sites for hydroxylation is 1. The minimum Gasteiger partial charge on any atom is -0.383 e. The number of halogens is 1. The van der Waals surface area contributed by atoms with E-state index in [-0.39, 0.29) is 4.74 Å². The Kier molecular flexibility index (Phi) is 3.10.